The Balaban J connectivity index is 3.66. The second kappa shape index (κ2) is 42.6. The predicted octanol–water partition coefficient (Wildman–Crippen LogP) is 13.4. The zero-order chi connectivity index (χ0) is 38.0. The van der Waals surface area contributed by atoms with Crippen LogP contribution in [-0.2, 0) is 4.79 Å². The summed E-state index contributed by atoms with van der Waals surface area (Å²) < 4.78 is 0. The van der Waals surface area contributed by atoms with Crippen LogP contribution in [0.2, 0.25) is 0 Å². The summed E-state index contributed by atoms with van der Waals surface area (Å²) in [4.78, 5) is 12.5. The van der Waals surface area contributed by atoms with E-state index in [0.717, 1.165) is 32.1 Å². The van der Waals surface area contributed by atoms with Crippen molar-refractivity contribution in [3.05, 3.63) is 24.3 Å². The first-order chi connectivity index (χ1) is 25.6. The third-order valence-electron chi connectivity index (χ3n) is 10.8. The Labute approximate surface area is 324 Å². The summed E-state index contributed by atoms with van der Waals surface area (Å²) >= 11 is 0. The predicted molar refractivity (Wildman–Crippen MR) is 227 cm³/mol. The van der Waals surface area contributed by atoms with Gasteiger partial charge in [0.05, 0.1) is 18.8 Å². The van der Waals surface area contributed by atoms with Gasteiger partial charge in [-0.15, -0.1) is 0 Å². The summed E-state index contributed by atoms with van der Waals surface area (Å²) in [7, 11) is 0. The van der Waals surface area contributed by atoms with Crippen LogP contribution in [0.15, 0.2) is 24.3 Å². The Morgan fingerprint density at radius 3 is 1.12 bits per heavy atom. The molecule has 0 aliphatic carbocycles. The minimum atomic E-state index is -1.10. The van der Waals surface area contributed by atoms with Crippen molar-refractivity contribution < 1.29 is 20.1 Å². The van der Waals surface area contributed by atoms with E-state index in [2.05, 4.69) is 31.3 Å². The molecule has 0 rings (SSSR count). The fraction of sp³-hybridized carbons (Fsp3) is 0.894. The SMILES string of the molecule is CCCCCCCCCC/C=C\CCCCCCCCC(O)C(=O)NC(CO)C(O)/C=C/CCCCCCCCCCCCCCCCCCCC. The maximum Gasteiger partial charge on any atom is 0.249 e. The molecule has 0 aromatic carbocycles. The number of aliphatic hydroxyl groups excluding tert-OH is 3. The standard InChI is InChI=1S/C47H91NO4/c1-3-5-7-9-11-13-15-17-19-21-23-24-26-27-29-31-33-35-37-39-41-45(50)44(43-49)48-47(52)46(51)42-40-38-36-34-32-30-28-25-22-20-18-16-14-12-10-8-6-4-2/h22,25,39,41,44-46,49-51H,3-21,23-24,26-38,40,42-43H2,1-2H3,(H,48,52)/b25-22-,41-39+. The van der Waals surface area contributed by atoms with Gasteiger partial charge in [-0.2, -0.15) is 0 Å². The van der Waals surface area contributed by atoms with E-state index in [0.29, 0.717) is 6.42 Å². The molecule has 0 fully saturated rings. The van der Waals surface area contributed by atoms with Gasteiger partial charge in [0.15, 0.2) is 0 Å². The Hall–Kier alpha value is -1.17. The molecule has 5 nitrogen and oxygen atoms in total. The molecule has 4 N–H and O–H groups in total. The molecule has 0 radical (unpaired) electrons. The fourth-order valence-electron chi connectivity index (χ4n) is 7.12. The first-order valence-electron chi connectivity index (χ1n) is 23.2. The summed E-state index contributed by atoms with van der Waals surface area (Å²) in [6.07, 6.45) is 52.1. The van der Waals surface area contributed by atoms with Gasteiger partial charge in [0, 0.05) is 0 Å². The van der Waals surface area contributed by atoms with E-state index in [1.807, 2.05) is 6.08 Å². The zero-order valence-corrected chi connectivity index (χ0v) is 35.0. The van der Waals surface area contributed by atoms with Gasteiger partial charge in [0.25, 0.3) is 0 Å². The van der Waals surface area contributed by atoms with E-state index in [4.69, 9.17) is 0 Å². The highest BCUT2D eigenvalue weighted by Crippen LogP contribution is 2.16. The van der Waals surface area contributed by atoms with Gasteiger partial charge in [0.1, 0.15) is 6.10 Å². The zero-order valence-electron chi connectivity index (χ0n) is 35.0. The molecular formula is C47H91NO4. The molecule has 52 heavy (non-hydrogen) atoms. The van der Waals surface area contributed by atoms with Crippen LogP contribution in [-0.4, -0.2) is 46.1 Å². The van der Waals surface area contributed by atoms with E-state index in [-0.39, 0.29) is 6.61 Å². The van der Waals surface area contributed by atoms with Crippen LogP contribution in [0.5, 0.6) is 0 Å². The lowest BCUT2D eigenvalue weighted by Gasteiger charge is -2.21. The third kappa shape index (κ3) is 37.2. The number of nitrogens with one attached hydrogen (secondary N) is 1. The highest BCUT2D eigenvalue weighted by atomic mass is 16.3. The van der Waals surface area contributed by atoms with Crippen LogP contribution in [0.1, 0.15) is 245 Å². The third-order valence-corrected chi connectivity index (χ3v) is 10.8. The normalized spacial score (nSPS) is 13.7. The molecule has 0 aromatic rings. The molecule has 0 saturated heterocycles. The average Bonchev–Trinajstić information content (AvgIpc) is 3.15. The lowest BCUT2D eigenvalue weighted by atomic mass is 10.0. The van der Waals surface area contributed by atoms with Gasteiger partial charge >= 0.3 is 0 Å². The average molecular weight is 734 g/mol. The number of unbranched alkanes of at least 4 members (excludes halogenated alkanes) is 32. The van der Waals surface area contributed by atoms with Crippen LogP contribution >= 0.6 is 0 Å². The summed E-state index contributed by atoms with van der Waals surface area (Å²) in [5.74, 6) is -0.506. The Morgan fingerprint density at radius 2 is 0.769 bits per heavy atom. The number of carbonyl (C=O) groups is 1. The number of allylic oxidation sites excluding steroid dienone is 3. The molecule has 0 spiro atoms. The Bertz CT molecular complexity index is 768. The molecule has 308 valence electrons. The lowest BCUT2D eigenvalue weighted by molar-refractivity contribution is -0.131. The fourth-order valence-corrected chi connectivity index (χ4v) is 7.12. The maximum atomic E-state index is 12.5. The van der Waals surface area contributed by atoms with Gasteiger partial charge in [-0.3, -0.25) is 4.79 Å². The minimum absolute atomic E-state index is 0.364. The van der Waals surface area contributed by atoms with Crippen molar-refractivity contribution in [3.8, 4) is 0 Å². The van der Waals surface area contributed by atoms with Crippen LogP contribution < -0.4 is 5.32 Å². The van der Waals surface area contributed by atoms with Crippen molar-refractivity contribution in [1.82, 2.24) is 5.32 Å². The molecule has 3 atom stereocenters. The molecule has 0 saturated carbocycles. The molecule has 5 heteroatoms. The molecular weight excluding hydrogens is 643 g/mol. The van der Waals surface area contributed by atoms with Crippen molar-refractivity contribution in [3.63, 3.8) is 0 Å². The highest BCUT2D eigenvalue weighted by Gasteiger charge is 2.22. The number of hydrogen-bond acceptors (Lipinski definition) is 4. The van der Waals surface area contributed by atoms with E-state index in [1.165, 1.54) is 193 Å². The number of aliphatic hydroxyl groups is 3. The maximum absolute atomic E-state index is 12.5. The van der Waals surface area contributed by atoms with Gasteiger partial charge in [-0.05, 0) is 44.9 Å². The molecule has 0 bridgehead atoms. The van der Waals surface area contributed by atoms with Crippen LogP contribution in [0.4, 0.5) is 0 Å². The second-order valence-electron chi connectivity index (χ2n) is 16.0. The topological polar surface area (TPSA) is 89.8 Å². The second-order valence-corrected chi connectivity index (χ2v) is 16.0. The quantitative estimate of drug-likeness (QED) is 0.0371. The summed E-state index contributed by atoms with van der Waals surface area (Å²) in [6.45, 7) is 4.19. The summed E-state index contributed by atoms with van der Waals surface area (Å²) in [5.41, 5.74) is 0. The van der Waals surface area contributed by atoms with Crippen molar-refractivity contribution >= 4 is 5.91 Å². The first kappa shape index (κ1) is 50.8. The van der Waals surface area contributed by atoms with Gasteiger partial charge in [0.2, 0.25) is 5.91 Å². The monoisotopic (exact) mass is 734 g/mol. The Kier molecular flexibility index (Phi) is 41.6. The summed E-state index contributed by atoms with van der Waals surface area (Å²) in [6, 6.07) is -0.798. The molecule has 0 aromatic heterocycles. The van der Waals surface area contributed by atoms with Crippen LogP contribution in [0.25, 0.3) is 0 Å². The van der Waals surface area contributed by atoms with Gasteiger partial charge in [-0.1, -0.05) is 224 Å². The van der Waals surface area contributed by atoms with Crippen molar-refractivity contribution in [1.29, 1.82) is 0 Å². The van der Waals surface area contributed by atoms with Crippen molar-refractivity contribution in [2.45, 2.75) is 263 Å². The molecule has 0 aliphatic heterocycles. The minimum Gasteiger partial charge on any atom is -0.394 e. The molecule has 3 unspecified atom stereocenters. The largest absolute Gasteiger partial charge is 0.394 e. The lowest BCUT2D eigenvalue weighted by Crippen LogP contribution is -2.48. The molecule has 1 amide bonds. The van der Waals surface area contributed by atoms with E-state index in [9.17, 15) is 20.1 Å². The smallest absolute Gasteiger partial charge is 0.249 e. The molecule has 0 aliphatic rings. The van der Waals surface area contributed by atoms with Crippen molar-refractivity contribution in [2.75, 3.05) is 6.61 Å². The number of carbonyl (C=O) groups excluding carboxylic acids is 1. The molecule has 0 heterocycles. The highest BCUT2D eigenvalue weighted by molar-refractivity contribution is 5.80. The van der Waals surface area contributed by atoms with E-state index < -0.39 is 24.2 Å². The van der Waals surface area contributed by atoms with E-state index >= 15 is 0 Å². The van der Waals surface area contributed by atoms with Gasteiger partial charge in [-0.25, -0.2) is 0 Å². The number of hydrogen-bond donors (Lipinski definition) is 4. The van der Waals surface area contributed by atoms with Crippen LogP contribution in [0.3, 0.4) is 0 Å². The van der Waals surface area contributed by atoms with Crippen molar-refractivity contribution in [2.24, 2.45) is 0 Å². The first-order valence-corrected chi connectivity index (χ1v) is 23.2. The Morgan fingerprint density at radius 1 is 0.462 bits per heavy atom. The van der Waals surface area contributed by atoms with Crippen LogP contribution in [0, 0.1) is 0 Å². The van der Waals surface area contributed by atoms with E-state index in [1.54, 1.807) is 6.08 Å². The number of rotatable bonds is 42. The summed E-state index contributed by atoms with van der Waals surface area (Å²) in [5, 5.41) is 33.2. The van der Waals surface area contributed by atoms with Gasteiger partial charge < -0.3 is 20.6 Å². The number of amides is 1.